The van der Waals surface area contributed by atoms with Crippen molar-refractivity contribution in [2.45, 2.75) is 25.0 Å². The molecular weight excluding hydrogens is 320 g/mol. The van der Waals surface area contributed by atoms with Crippen molar-refractivity contribution >= 4 is 17.5 Å². The highest BCUT2D eigenvalue weighted by molar-refractivity contribution is 6.32. The average molecular weight is 337 g/mol. The maximum atomic E-state index is 12.3. The van der Waals surface area contributed by atoms with Gasteiger partial charge >= 0.3 is 0 Å². The number of aromatic nitrogens is 3. The topological polar surface area (TPSA) is 89.1 Å². The van der Waals surface area contributed by atoms with Gasteiger partial charge in [0.1, 0.15) is 18.2 Å². The van der Waals surface area contributed by atoms with Crippen molar-refractivity contribution in [2.75, 3.05) is 13.7 Å². The van der Waals surface area contributed by atoms with E-state index in [0.717, 1.165) is 12.0 Å². The van der Waals surface area contributed by atoms with Gasteiger partial charge in [-0.15, -0.1) is 0 Å². The molecular formula is C15H17ClN4O3. The number of nitrogens with one attached hydrogen (secondary N) is 2. The van der Waals surface area contributed by atoms with Crippen molar-refractivity contribution < 1.29 is 14.3 Å². The molecule has 0 unspecified atom stereocenters. The number of aromatic amines is 1. The zero-order valence-corrected chi connectivity index (χ0v) is 13.3. The lowest BCUT2D eigenvalue weighted by Gasteiger charge is -2.18. The first-order chi connectivity index (χ1) is 11.2. The molecule has 1 amide bonds. The molecule has 1 aliphatic rings. The molecule has 2 N–H and O–H groups in total. The molecule has 1 fully saturated rings. The first-order valence-electron chi connectivity index (χ1n) is 7.26. The highest BCUT2D eigenvalue weighted by Gasteiger charge is 2.32. The summed E-state index contributed by atoms with van der Waals surface area (Å²) < 4.78 is 10.8. The molecule has 2 heterocycles. The van der Waals surface area contributed by atoms with Crippen molar-refractivity contribution in [3.8, 4) is 5.75 Å². The lowest BCUT2D eigenvalue weighted by Crippen LogP contribution is -2.38. The van der Waals surface area contributed by atoms with E-state index in [2.05, 4.69) is 20.5 Å². The number of rotatable bonds is 5. The number of hydrogen-bond acceptors (Lipinski definition) is 5. The molecule has 3 rings (SSSR count). The number of methoxy groups -OCH3 is 1. The third-order valence-corrected chi connectivity index (χ3v) is 4.03. The van der Waals surface area contributed by atoms with Crippen molar-refractivity contribution in [3.63, 3.8) is 0 Å². The van der Waals surface area contributed by atoms with Crippen LogP contribution in [0.1, 0.15) is 23.9 Å². The van der Waals surface area contributed by atoms with Gasteiger partial charge in [0.25, 0.3) is 0 Å². The summed E-state index contributed by atoms with van der Waals surface area (Å²) in [5.74, 6) is 1.09. The minimum absolute atomic E-state index is 0.0885. The Morgan fingerprint density at radius 2 is 2.43 bits per heavy atom. The smallest absolute Gasteiger partial charge is 0.224 e. The van der Waals surface area contributed by atoms with Crippen LogP contribution in [0.3, 0.4) is 0 Å². The molecule has 7 nitrogen and oxygen atoms in total. The molecule has 122 valence electrons. The number of nitrogens with zero attached hydrogens (tertiary/aromatic N) is 2. The molecule has 0 radical (unpaired) electrons. The normalized spacial score (nSPS) is 20.4. The summed E-state index contributed by atoms with van der Waals surface area (Å²) in [6.07, 6.45) is 2.12. The second-order valence-corrected chi connectivity index (χ2v) is 5.68. The van der Waals surface area contributed by atoms with Gasteiger partial charge in [0, 0.05) is 6.61 Å². The molecule has 0 aliphatic carbocycles. The SMILES string of the molecule is COc1cc(CC(=O)N[C@H]2CCO[C@H]2c2ncn[nH]2)ccc1Cl. The minimum Gasteiger partial charge on any atom is -0.495 e. The predicted molar refractivity (Wildman–Crippen MR) is 83.3 cm³/mol. The second-order valence-electron chi connectivity index (χ2n) is 5.27. The standard InChI is InChI=1S/C15H17ClN4O3/c1-22-12-6-9(2-3-10(12)16)7-13(21)19-11-4-5-23-14(11)15-17-8-18-20-15/h2-3,6,8,11,14H,4-5,7H2,1H3,(H,19,21)(H,17,18,20)/t11-,14+/m0/s1. The van der Waals surface area contributed by atoms with Gasteiger partial charge in [-0.05, 0) is 24.1 Å². The number of carbonyl (C=O) groups excluding carboxylic acids is 1. The van der Waals surface area contributed by atoms with Crippen LogP contribution < -0.4 is 10.1 Å². The van der Waals surface area contributed by atoms with Gasteiger partial charge in [-0.25, -0.2) is 4.98 Å². The van der Waals surface area contributed by atoms with Crippen molar-refractivity contribution in [2.24, 2.45) is 0 Å². The fraction of sp³-hybridized carbons (Fsp3) is 0.400. The Bertz CT molecular complexity index is 677. The van der Waals surface area contributed by atoms with Crippen LogP contribution >= 0.6 is 11.6 Å². The summed E-state index contributed by atoms with van der Waals surface area (Å²) in [5, 5.41) is 10.1. The zero-order valence-electron chi connectivity index (χ0n) is 12.6. The summed E-state index contributed by atoms with van der Waals surface area (Å²) >= 11 is 5.99. The fourth-order valence-electron chi connectivity index (χ4n) is 2.62. The van der Waals surface area contributed by atoms with Gasteiger partial charge in [0.15, 0.2) is 5.82 Å². The van der Waals surface area contributed by atoms with Crippen LogP contribution in [-0.2, 0) is 16.0 Å². The quantitative estimate of drug-likeness (QED) is 0.866. The second kappa shape index (κ2) is 6.97. The van der Waals surface area contributed by atoms with E-state index < -0.39 is 0 Å². The molecule has 1 aromatic carbocycles. The lowest BCUT2D eigenvalue weighted by atomic mass is 10.1. The maximum Gasteiger partial charge on any atom is 0.224 e. The molecule has 0 spiro atoms. The summed E-state index contributed by atoms with van der Waals surface area (Å²) in [5.41, 5.74) is 0.832. The molecule has 2 atom stereocenters. The Morgan fingerprint density at radius 3 is 3.17 bits per heavy atom. The molecule has 2 aromatic rings. The number of hydrogen-bond donors (Lipinski definition) is 2. The molecule has 23 heavy (non-hydrogen) atoms. The van der Waals surface area contributed by atoms with Gasteiger partial charge in [-0.3, -0.25) is 9.89 Å². The predicted octanol–water partition coefficient (Wildman–Crippen LogP) is 1.66. The molecule has 1 aromatic heterocycles. The summed E-state index contributed by atoms with van der Waals surface area (Å²) in [4.78, 5) is 16.4. The molecule has 8 heteroatoms. The van der Waals surface area contributed by atoms with Crippen molar-refractivity contribution in [3.05, 3.63) is 40.9 Å². The van der Waals surface area contributed by atoms with Gasteiger partial charge in [-0.2, -0.15) is 5.10 Å². The summed E-state index contributed by atoms with van der Waals surface area (Å²) in [6, 6.07) is 5.17. The maximum absolute atomic E-state index is 12.3. The van der Waals surface area contributed by atoms with Crippen LogP contribution in [0.25, 0.3) is 0 Å². The number of ether oxygens (including phenoxy) is 2. The fourth-order valence-corrected chi connectivity index (χ4v) is 2.81. The molecule has 1 aliphatic heterocycles. The third kappa shape index (κ3) is 3.62. The van der Waals surface area contributed by atoms with Crippen LogP contribution in [-0.4, -0.2) is 40.8 Å². The van der Waals surface area contributed by atoms with Crippen LogP contribution in [0.4, 0.5) is 0 Å². The highest BCUT2D eigenvalue weighted by Crippen LogP contribution is 2.27. The van der Waals surface area contributed by atoms with E-state index in [-0.39, 0.29) is 24.5 Å². The van der Waals surface area contributed by atoms with E-state index in [1.165, 1.54) is 6.33 Å². The molecule has 0 saturated carbocycles. The monoisotopic (exact) mass is 336 g/mol. The van der Waals surface area contributed by atoms with Crippen molar-refractivity contribution in [1.82, 2.24) is 20.5 Å². The van der Waals surface area contributed by atoms with Gasteiger partial charge in [0.2, 0.25) is 5.91 Å². The lowest BCUT2D eigenvalue weighted by molar-refractivity contribution is -0.121. The number of halogens is 1. The van der Waals surface area contributed by atoms with Gasteiger partial charge < -0.3 is 14.8 Å². The van der Waals surface area contributed by atoms with Crippen molar-refractivity contribution in [1.29, 1.82) is 0 Å². The van der Waals surface area contributed by atoms with E-state index in [1.54, 1.807) is 19.2 Å². The first-order valence-corrected chi connectivity index (χ1v) is 7.64. The number of benzene rings is 1. The van der Waals surface area contributed by atoms with Crippen LogP contribution in [0, 0.1) is 0 Å². The summed E-state index contributed by atoms with van der Waals surface area (Å²) in [7, 11) is 1.54. The number of carbonyl (C=O) groups is 1. The van der Waals surface area contributed by atoms with E-state index in [0.29, 0.717) is 23.2 Å². The Balaban J connectivity index is 1.63. The van der Waals surface area contributed by atoms with E-state index in [9.17, 15) is 4.79 Å². The Hall–Kier alpha value is -2.12. The van der Waals surface area contributed by atoms with Crippen LogP contribution in [0.5, 0.6) is 5.75 Å². The van der Waals surface area contributed by atoms with Gasteiger partial charge in [-0.1, -0.05) is 17.7 Å². The van der Waals surface area contributed by atoms with Crippen LogP contribution in [0.15, 0.2) is 24.5 Å². The van der Waals surface area contributed by atoms with E-state index in [4.69, 9.17) is 21.1 Å². The van der Waals surface area contributed by atoms with E-state index in [1.807, 2.05) is 6.07 Å². The highest BCUT2D eigenvalue weighted by atomic mass is 35.5. The zero-order chi connectivity index (χ0) is 16.2. The Kier molecular flexibility index (Phi) is 4.78. The average Bonchev–Trinajstić information content (AvgIpc) is 3.20. The van der Waals surface area contributed by atoms with Gasteiger partial charge in [0.05, 0.1) is 24.6 Å². The summed E-state index contributed by atoms with van der Waals surface area (Å²) in [6.45, 7) is 0.574. The molecule has 0 bridgehead atoms. The van der Waals surface area contributed by atoms with Crippen LogP contribution in [0.2, 0.25) is 5.02 Å². The first kappa shape index (κ1) is 15.8. The number of amides is 1. The molecule has 1 saturated heterocycles. The third-order valence-electron chi connectivity index (χ3n) is 3.72. The number of H-pyrrole nitrogens is 1. The minimum atomic E-state index is -0.291. The Labute approximate surface area is 138 Å². The Morgan fingerprint density at radius 1 is 1.57 bits per heavy atom. The largest absolute Gasteiger partial charge is 0.495 e. The van der Waals surface area contributed by atoms with E-state index >= 15 is 0 Å².